The average molecular weight is 340 g/mol. The maximum absolute atomic E-state index is 12.0. The van der Waals surface area contributed by atoms with Gasteiger partial charge in [-0.25, -0.2) is 4.68 Å². The van der Waals surface area contributed by atoms with Crippen LogP contribution in [0, 0.1) is 12.3 Å². The van der Waals surface area contributed by atoms with E-state index in [1.165, 1.54) is 4.68 Å². The molecule has 1 aliphatic rings. The summed E-state index contributed by atoms with van der Waals surface area (Å²) in [6.07, 6.45) is 8.62. The van der Waals surface area contributed by atoms with E-state index in [1.54, 1.807) is 6.20 Å². The number of hydrogen-bond donors (Lipinski definition) is 1. The molecule has 1 N–H and O–H groups in total. The van der Waals surface area contributed by atoms with E-state index < -0.39 is 0 Å². The van der Waals surface area contributed by atoms with E-state index in [0.717, 1.165) is 12.8 Å². The highest BCUT2D eigenvalue weighted by Crippen LogP contribution is 2.27. The topological polar surface area (TPSA) is 56.1 Å². The average Bonchev–Trinajstić information content (AvgIpc) is 2.37. The summed E-state index contributed by atoms with van der Waals surface area (Å²) in [4.78, 5) is 12.0. The molecule has 0 amide bonds. The first-order valence-corrected chi connectivity index (χ1v) is 7.32. The fourth-order valence-electron chi connectivity index (χ4n) is 2.34. The van der Waals surface area contributed by atoms with Gasteiger partial charge in [0.15, 0.2) is 0 Å². The summed E-state index contributed by atoms with van der Waals surface area (Å²) in [5, 5.41) is 7.43. The van der Waals surface area contributed by atoms with Gasteiger partial charge >= 0.3 is 0 Å². The van der Waals surface area contributed by atoms with Crippen LogP contribution in [0.3, 0.4) is 0 Å². The van der Waals surface area contributed by atoms with Gasteiger partial charge in [0, 0.05) is 12.6 Å². The molecule has 0 spiro atoms. The van der Waals surface area contributed by atoms with Crippen molar-refractivity contribution in [3.05, 3.63) is 21.0 Å². The lowest BCUT2D eigenvalue weighted by Crippen LogP contribution is -2.40. The molecule has 0 bridgehead atoms. The SMILES string of the molecule is C#CCn1ncc(NC2CCOC(C)(C)C2)c(Br)c1=O. The molecule has 1 unspecified atom stereocenters. The van der Waals surface area contributed by atoms with E-state index in [4.69, 9.17) is 11.2 Å². The van der Waals surface area contributed by atoms with E-state index in [0.29, 0.717) is 16.8 Å². The maximum atomic E-state index is 12.0. The third-order valence-corrected chi connectivity index (χ3v) is 4.05. The van der Waals surface area contributed by atoms with E-state index in [2.05, 4.69) is 46.1 Å². The molecule has 1 fully saturated rings. The number of ether oxygens (including phenoxy) is 1. The molecule has 0 saturated carbocycles. The predicted octanol–water partition coefficient (Wildman–Crippen LogP) is 2.01. The molecule has 1 aromatic heterocycles. The zero-order valence-electron chi connectivity index (χ0n) is 11.6. The van der Waals surface area contributed by atoms with E-state index in [1.807, 2.05) is 0 Å². The highest BCUT2D eigenvalue weighted by atomic mass is 79.9. The van der Waals surface area contributed by atoms with Crippen molar-refractivity contribution in [2.24, 2.45) is 0 Å². The number of hydrogen-bond acceptors (Lipinski definition) is 4. The molecular weight excluding hydrogens is 322 g/mol. The zero-order valence-corrected chi connectivity index (χ0v) is 13.2. The molecule has 2 rings (SSSR count). The molecule has 5 nitrogen and oxygen atoms in total. The third-order valence-electron chi connectivity index (χ3n) is 3.28. The van der Waals surface area contributed by atoms with Gasteiger partial charge in [0.05, 0.1) is 17.5 Å². The standard InChI is InChI=1S/C14H18BrN3O2/c1-4-6-18-13(19)12(15)11(9-16-18)17-10-5-7-20-14(2,3)8-10/h1,9-10,17H,5-8H2,2-3H3. The Morgan fingerprint density at radius 1 is 1.70 bits per heavy atom. The zero-order chi connectivity index (χ0) is 14.8. The van der Waals surface area contributed by atoms with Crippen molar-refractivity contribution in [3.63, 3.8) is 0 Å². The van der Waals surface area contributed by atoms with Crippen molar-refractivity contribution in [1.29, 1.82) is 0 Å². The van der Waals surface area contributed by atoms with Crippen LogP contribution < -0.4 is 10.9 Å². The van der Waals surface area contributed by atoms with Gasteiger partial charge in [-0.2, -0.15) is 5.10 Å². The van der Waals surface area contributed by atoms with Crippen LogP contribution in [0.5, 0.6) is 0 Å². The summed E-state index contributed by atoms with van der Waals surface area (Å²) in [5.74, 6) is 2.41. The van der Waals surface area contributed by atoms with Crippen LogP contribution in [0.25, 0.3) is 0 Å². The van der Waals surface area contributed by atoms with Gasteiger partial charge in [0.1, 0.15) is 11.0 Å². The van der Waals surface area contributed by atoms with Crippen LogP contribution in [-0.2, 0) is 11.3 Å². The number of halogens is 1. The van der Waals surface area contributed by atoms with E-state index in [9.17, 15) is 4.79 Å². The molecule has 6 heteroatoms. The van der Waals surface area contributed by atoms with Crippen molar-refractivity contribution in [2.75, 3.05) is 11.9 Å². The Hall–Kier alpha value is -1.32. The minimum Gasteiger partial charge on any atom is -0.380 e. The molecule has 108 valence electrons. The Bertz CT molecular complexity index is 589. The van der Waals surface area contributed by atoms with Gasteiger partial charge in [-0.1, -0.05) is 5.92 Å². The number of rotatable bonds is 3. The van der Waals surface area contributed by atoms with Crippen molar-refractivity contribution >= 4 is 21.6 Å². The Morgan fingerprint density at radius 2 is 2.45 bits per heavy atom. The van der Waals surface area contributed by atoms with Crippen molar-refractivity contribution in [3.8, 4) is 12.3 Å². The Balaban J connectivity index is 2.16. The van der Waals surface area contributed by atoms with Crippen LogP contribution in [0.15, 0.2) is 15.5 Å². The highest BCUT2D eigenvalue weighted by Gasteiger charge is 2.29. The second-order valence-corrected chi connectivity index (χ2v) is 6.27. The van der Waals surface area contributed by atoms with E-state index in [-0.39, 0.29) is 23.7 Å². The van der Waals surface area contributed by atoms with Gasteiger partial charge < -0.3 is 10.1 Å². The highest BCUT2D eigenvalue weighted by molar-refractivity contribution is 9.10. The van der Waals surface area contributed by atoms with Crippen LogP contribution in [-0.4, -0.2) is 28.0 Å². The molecule has 1 aliphatic heterocycles. The number of terminal acetylenes is 1. The maximum Gasteiger partial charge on any atom is 0.284 e. The molecule has 1 atom stereocenters. The van der Waals surface area contributed by atoms with Gasteiger partial charge in [-0.15, -0.1) is 6.42 Å². The summed E-state index contributed by atoms with van der Waals surface area (Å²) in [6, 6.07) is 0.264. The van der Waals surface area contributed by atoms with Crippen molar-refractivity contribution < 1.29 is 4.74 Å². The van der Waals surface area contributed by atoms with Gasteiger partial charge in [0.2, 0.25) is 0 Å². The molecule has 2 heterocycles. The van der Waals surface area contributed by atoms with Crippen molar-refractivity contribution in [1.82, 2.24) is 9.78 Å². The van der Waals surface area contributed by atoms with E-state index >= 15 is 0 Å². The first kappa shape index (κ1) is 15.1. The molecule has 0 aliphatic carbocycles. The predicted molar refractivity (Wildman–Crippen MR) is 81.7 cm³/mol. The van der Waals surface area contributed by atoms with Crippen LogP contribution >= 0.6 is 15.9 Å². The largest absolute Gasteiger partial charge is 0.380 e. The Kier molecular flexibility index (Phi) is 4.51. The lowest BCUT2D eigenvalue weighted by molar-refractivity contribution is -0.0553. The summed E-state index contributed by atoms with van der Waals surface area (Å²) >= 11 is 3.32. The monoisotopic (exact) mass is 339 g/mol. The number of nitrogens with one attached hydrogen (secondary N) is 1. The number of nitrogens with zero attached hydrogens (tertiary/aromatic N) is 2. The van der Waals surface area contributed by atoms with Crippen LogP contribution in [0.1, 0.15) is 26.7 Å². The first-order valence-electron chi connectivity index (χ1n) is 6.52. The molecule has 1 saturated heterocycles. The molecule has 0 radical (unpaired) electrons. The van der Waals surface area contributed by atoms with Crippen LogP contribution in [0.4, 0.5) is 5.69 Å². The normalized spacial score (nSPS) is 21.2. The Morgan fingerprint density at radius 3 is 3.10 bits per heavy atom. The van der Waals surface area contributed by atoms with Gasteiger partial charge in [0.25, 0.3) is 5.56 Å². The second kappa shape index (κ2) is 5.98. The summed E-state index contributed by atoms with van der Waals surface area (Å²) in [6.45, 7) is 5.02. The summed E-state index contributed by atoms with van der Waals surface area (Å²) in [5.41, 5.74) is 0.333. The third kappa shape index (κ3) is 3.41. The molecule has 1 aromatic rings. The van der Waals surface area contributed by atoms with Crippen LogP contribution in [0.2, 0.25) is 0 Å². The fraction of sp³-hybridized carbons (Fsp3) is 0.571. The van der Waals surface area contributed by atoms with Gasteiger partial charge in [-0.3, -0.25) is 4.79 Å². The number of anilines is 1. The number of aromatic nitrogens is 2. The lowest BCUT2D eigenvalue weighted by atomic mass is 9.94. The summed E-state index contributed by atoms with van der Waals surface area (Å²) in [7, 11) is 0. The lowest BCUT2D eigenvalue weighted by Gasteiger charge is -2.36. The Labute approximate surface area is 126 Å². The minimum atomic E-state index is -0.223. The molecule has 0 aromatic carbocycles. The minimum absolute atomic E-state index is 0.145. The first-order chi connectivity index (χ1) is 9.43. The molecule has 20 heavy (non-hydrogen) atoms. The van der Waals surface area contributed by atoms with Gasteiger partial charge in [-0.05, 0) is 42.6 Å². The second-order valence-electron chi connectivity index (χ2n) is 5.48. The smallest absolute Gasteiger partial charge is 0.284 e. The quantitative estimate of drug-likeness (QED) is 0.856. The van der Waals surface area contributed by atoms with Crippen molar-refractivity contribution in [2.45, 2.75) is 44.9 Å². The summed E-state index contributed by atoms with van der Waals surface area (Å²) < 4.78 is 7.40. The molecular formula is C14H18BrN3O2. The fourth-order valence-corrected chi connectivity index (χ4v) is 2.76.